The minimum absolute atomic E-state index is 0.0769. The Kier molecular flexibility index (Phi) is 4.86. The molecule has 1 aliphatic heterocycles. The fourth-order valence-corrected chi connectivity index (χ4v) is 1.72. The van der Waals surface area contributed by atoms with Crippen LogP contribution in [0.2, 0.25) is 0 Å². The van der Waals surface area contributed by atoms with Crippen LogP contribution in [0.3, 0.4) is 0 Å². The third-order valence-electron chi connectivity index (χ3n) is 2.73. The Hall–Kier alpha value is -0.650. The third kappa shape index (κ3) is 3.61. The Labute approximate surface area is 85.0 Å². The summed E-state index contributed by atoms with van der Waals surface area (Å²) in [6.07, 6.45) is 1.39. The van der Waals surface area contributed by atoms with Crippen molar-refractivity contribution in [3.8, 4) is 0 Å². The van der Waals surface area contributed by atoms with Crippen molar-refractivity contribution in [1.29, 1.82) is 0 Å². The molecule has 5 nitrogen and oxygen atoms in total. The fourth-order valence-electron chi connectivity index (χ4n) is 1.72. The molecule has 1 atom stereocenters. The van der Waals surface area contributed by atoms with E-state index in [1.807, 2.05) is 0 Å². The molecule has 1 heterocycles. The van der Waals surface area contributed by atoms with Crippen LogP contribution < -0.4 is 16.6 Å². The highest BCUT2D eigenvalue weighted by atomic mass is 16.2. The first-order chi connectivity index (χ1) is 6.74. The average Bonchev–Trinajstić information content (AvgIpc) is 2.26. The molecule has 1 saturated heterocycles. The molecule has 1 fully saturated rings. The van der Waals surface area contributed by atoms with Crippen molar-refractivity contribution in [2.45, 2.75) is 25.8 Å². The molecule has 82 valence electrons. The quantitative estimate of drug-likeness (QED) is 0.311. The van der Waals surface area contributed by atoms with Crippen molar-refractivity contribution < 1.29 is 4.79 Å². The average molecular weight is 200 g/mol. The van der Waals surface area contributed by atoms with E-state index in [-0.39, 0.29) is 5.91 Å². The zero-order valence-corrected chi connectivity index (χ0v) is 8.75. The maximum atomic E-state index is 10.9. The first-order valence-corrected chi connectivity index (χ1v) is 5.18. The maximum absolute atomic E-state index is 10.9. The Morgan fingerprint density at radius 3 is 2.79 bits per heavy atom. The lowest BCUT2D eigenvalue weighted by molar-refractivity contribution is -0.121. The van der Waals surface area contributed by atoms with Gasteiger partial charge in [-0.2, -0.15) is 0 Å². The number of carbonyl (C=O) groups is 1. The van der Waals surface area contributed by atoms with E-state index < -0.39 is 0 Å². The molecule has 0 saturated carbocycles. The number of nitrogens with zero attached hydrogens (tertiary/aromatic N) is 1. The molecule has 14 heavy (non-hydrogen) atoms. The number of hydrogen-bond acceptors (Lipinski definition) is 4. The molecule has 0 spiro atoms. The molecule has 0 radical (unpaired) electrons. The van der Waals surface area contributed by atoms with E-state index >= 15 is 0 Å². The minimum Gasteiger partial charge on any atom is -0.314 e. The van der Waals surface area contributed by atoms with E-state index in [1.54, 1.807) is 0 Å². The lowest BCUT2D eigenvalue weighted by Gasteiger charge is -2.32. The summed E-state index contributed by atoms with van der Waals surface area (Å²) >= 11 is 0. The van der Waals surface area contributed by atoms with E-state index in [1.165, 1.54) is 0 Å². The van der Waals surface area contributed by atoms with Gasteiger partial charge in [-0.05, 0) is 13.3 Å². The molecule has 1 rings (SSSR count). The lowest BCUT2D eigenvalue weighted by Crippen LogP contribution is -2.47. The number of carbonyl (C=O) groups excluding carboxylic acids is 1. The molecular formula is C9H20N4O. The van der Waals surface area contributed by atoms with Gasteiger partial charge >= 0.3 is 0 Å². The van der Waals surface area contributed by atoms with Crippen molar-refractivity contribution in [2.24, 2.45) is 5.84 Å². The van der Waals surface area contributed by atoms with Gasteiger partial charge in [-0.1, -0.05) is 0 Å². The van der Waals surface area contributed by atoms with Crippen LogP contribution in [0.15, 0.2) is 0 Å². The standard InChI is InChI=1S/C9H20N4O/c1-8(2-3-9(14)12-10)13-6-4-11-5-7-13/h8,11H,2-7,10H2,1H3,(H,12,14). The van der Waals surface area contributed by atoms with Crippen LogP contribution in [-0.4, -0.2) is 43.0 Å². The molecule has 0 bridgehead atoms. The summed E-state index contributed by atoms with van der Waals surface area (Å²) in [4.78, 5) is 13.3. The van der Waals surface area contributed by atoms with Gasteiger partial charge in [0.2, 0.25) is 5.91 Å². The second kappa shape index (κ2) is 5.95. The van der Waals surface area contributed by atoms with Gasteiger partial charge in [0, 0.05) is 38.6 Å². The molecule has 4 N–H and O–H groups in total. The van der Waals surface area contributed by atoms with E-state index in [9.17, 15) is 4.79 Å². The van der Waals surface area contributed by atoms with Crippen LogP contribution in [-0.2, 0) is 4.79 Å². The predicted molar refractivity (Wildman–Crippen MR) is 55.5 cm³/mol. The summed E-state index contributed by atoms with van der Waals surface area (Å²) in [5, 5.41) is 3.30. The zero-order chi connectivity index (χ0) is 10.4. The number of nitrogens with two attached hydrogens (primary N) is 1. The summed E-state index contributed by atoms with van der Waals surface area (Å²) < 4.78 is 0. The van der Waals surface area contributed by atoms with Gasteiger partial charge in [0.25, 0.3) is 0 Å². The normalized spacial score (nSPS) is 20.4. The summed E-state index contributed by atoms with van der Waals surface area (Å²) in [6.45, 7) is 6.41. The first kappa shape index (κ1) is 11.4. The Bertz CT molecular complexity index is 180. The molecule has 0 aromatic carbocycles. The summed E-state index contributed by atoms with van der Waals surface area (Å²) in [6, 6.07) is 0.467. The molecule has 1 aliphatic rings. The highest BCUT2D eigenvalue weighted by Crippen LogP contribution is 2.07. The van der Waals surface area contributed by atoms with Crippen molar-refractivity contribution in [3.05, 3.63) is 0 Å². The number of hydrogen-bond donors (Lipinski definition) is 3. The highest BCUT2D eigenvalue weighted by Gasteiger charge is 2.16. The van der Waals surface area contributed by atoms with Gasteiger partial charge in [-0.3, -0.25) is 15.1 Å². The monoisotopic (exact) mass is 200 g/mol. The maximum Gasteiger partial charge on any atom is 0.233 e. The van der Waals surface area contributed by atoms with E-state index in [4.69, 9.17) is 5.84 Å². The van der Waals surface area contributed by atoms with Crippen molar-refractivity contribution in [2.75, 3.05) is 26.2 Å². The predicted octanol–water partition coefficient (Wildman–Crippen LogP) is -0.950. The third-order valence-corrected chi connectivity index (χ3v) is 2.73. The highest BCUT2D eigenvalue weighted by molar-refractivity contribution is 5.75. The zero-order valence-electron chi connectivity index (χ0n) is 8.75. The minimum atomic E-state index is -0.0769. The Morgan fingerprint density at radius 2 is 2.21 bits per heavy atom. The molecule has 1 amide bonds. The van der Waals surface area contributed by atoms with Crippen LogP contribution in [0.1, 0.15) is 19.8 Å². The van der Waals surface area contributed by atoms with E-state index in [2.05, 4.69) is 22.6 Å². The molecule has 0 aromatic heterocycles. The number of piperazine rings is 1. The summed E-state index contributed by atoms with van der Waals surface area (Å²) in [5.41, 5.74) is 2.15. The second-order valence-electron chi connectivity index (χ2n) is 3.74. The SMILES string of the molecule is CC(CCC(=O)NN)N1CCNCC1. The van der Waals surface area contributed by atoms with Crippen molar-refractivity contribution in [1.82, 2.24) is 15.6 Å². The van der Waals surface area contributed by atoms with Gasteiger partial charge in [-0.15, -0.1) is 0 Å². The van der Waals surface area contributed by atoms with Gasteiger partial charge in [0.05, 0.1) is 0 Å². The molecular weight excluding hydrogens is 180 g/mol. The van der Waals surface area contributed by atoms with Crippen LogP contribution >= 0.6 is 0 Å². The molecule has 1 unspecified atom stereocenters. The van der Waals surface area contributed by atoms with E-state index in [0.717, 1.165) is 32.6 Å². The van der Waals surface area contributed by atoms with E-state index in [0.29, 0.717) is 12.5 Å². The molecule has 0 aliphatic carbocycles. The Morgan fingerprint density at radius 1 is 1.57 bits per heavy atom. The largest absolute Gasteiger partial charge is 0.314 e. The molecule has 5 heteroatoms. The van der Waals surface area contributed by atoms with Gasteiger partial charge < -0.3 is 5.32 Å². The van der Waals surface area contributed by atoms with Crippen molar-refractivity contribution >= 4 is 5.91 Å². The van der Waals surface area contributed by atoms with Crippen LogP contribution in [0.5, 0.6) is 0 Å². The summed E-state index contributed by atoms with van der Waals surface area (Å²) in [7, 11) is 0. The van der Waals surface area contributed by atoms with Crippen molar-refractivity contribution in [3.63, 3.8) is 0 Å². The fraction of sp³-hybridized carbons (Fsp3) is 0.889. The number of amides is 1. The number of hydrazine groups is 1. The number of rotatable bonds is 4. The Balaban J connectivity index is 2.19. The smallest absolute Gasteiger partial charge is 0.233 e. The second-order valence-corrected chi connectivity index (χ2v) is 3.74. The van der Waals surface area contributed by atoms with Gasteiger partial charge in [-0.25, -0.2) is 5.84 Å². The van der Waals surface area contributed by atoms with Crippen LogP contribution in [0.4, 0.5) is 0 Å². The van der Waals surface area contributed by atoms with Gasteiger partial charge in [0.15, 0.2) is 0 Å². The molecule has 0 aromatic rings. The van der Waals surface area contributed by atoms with Crippen LogP contribution in [0, 0.1) is 0 Å². The lowest BCUT2D eigenvalue weighted by atomic mass is 10.1. The topological polar surface area (TPSA) is 70.4 Å². The summed E-state index contributed by atoms with van der Waals surface area (Å²) in [5.74, 6) is 4.94. The number of nitrogens with one attached hydrogen (secondary N) is 2. The first-order valence-electron chi connectivity index (χ1n) is 5.18. The van der Waals surface area contributed by atoms with Crippen LogP contribution in [0.25, 0.3) is 0 Å². The van der Waals surface area contributed by atoms with Gasteiger partial charge in [0.1, 0.15) is 0 Å².